The van der Waals surface area contributed by atoms with Crippen LogP contribution < -0.4 is 5.56 Å². The first-order chi connectivity index (χ1) is 9.90. The Kier molecular flexibility index (Phi) is 4.50. The fourth-order valence-electron chi connectivity index (χ4n) is 1.66. The normalized spacial score (nSPS) is 11.0. The van der Waals surface area contributed by atoms with Crippen molar-refractivity contribution in [3.63, 3.8) is 0 Å². The maximum Gasteiger partial charge on any atom is 0.417 e. The lowest BCUT2D eigenvalue weighted by Gasteiger charge is -2.09. The Balaban J connectivity index is 2.27. The van der Waals surface area contributed by atoms with Crippen LogP contribution in [0.3, 0.4) is 0 Å². The van der Waals surface area contributed by atoms with Crippen molar-refractivity contribution in [2.75, 3.05) is 6.61 Å². The fourth-order valence-corrected chi connectivity index (χ4v) is 2.48. The summed E-state index contributed by atoms with van der Waals surface area (Å²) in [5.41, 5.74) is -0.706. The Hall–Kier alpha value is -2.04. The highest BCUT2D eigenvalue weighted by Gasteiger charge is 2.31. The molecule has 2 heterocycles. The second kappa shape index (κ2) is 6.16. The summed E-state index contributed by atoms with van der Waals surface area (Å²) in [6, 6.07) is 3.36. The van der Waals surface area contributed by atoms with Crippen molar-refractivity contribution in [3.05, 3.63) is 56.1 Å². The van der Waals surface area contributed by atoms with E-state index in [1.54, 1.807) is 11.4 Å². The molecule has 0 aromatic carbocycles. The topological polar surface area (TPSA) is 42.2 Å². The minimum atomic E-state index is -4.48. The predicted molar refractivity (Wildman–Crippen MR) is 73.1 cm³/mol. The van der Waals surface area contributed by atoms with Gasteiger partial charge in [-0.2, -0.15) is 13.2 Å². The predicted octanol–water partition coefficient (Wildman–Crippen LogP) is 2.32. The van der Waals surface area contributed by atoms with Gasteiger partial charge in [0.2, 0.25) is 0 Å². The van der Waals surface area contributed by atoms with Crippen molar-refractivity contribution in [2.24, 2.45) is 0 Å². The zero-order valence-corrected chi connectivity index (χ0v) is 11.5. The molecule has 0 unspecified atom stereocenters. The highest BCUT2D eigenvalue weighted by Crippen LogP contribution is 2.28. The monoisotopic (exact) mass is 313 g/mol. The molecule has 0 aliphatic rings. The molecule has 0 aliphatic carbocycles. The van der Waals surface area contributed by atoms with Crippen LogP contribution in [0.1, 0.15) is 16.0 Å². The number of rotatable bonds is 2. The number of alkyl halides is 3. The van der Waals surface area contributed by atoms with Crippen LogP contribution in [0.4, 0.5) is 13.2 Å². The van der Waals surface area contributed by atoms with Gasteiger partial charge in [0, 0.05) is 28.1 Å². The SMILES string of the molecule is O=c1ccc(C(F)(F)F)cn1Cc1cc(C#CCO)cs1. The maximum absolute atomic E-state index is 12.6. The van der Waals surface area contributed by atoms with E-state index in [0.29, 0.717) is 10.4 Å². The molecule has 0 amide bonds. The summed E-state index contributed by atoms with van der Waals surface area (Å²) >= 11 is 1.29. The third-order valence-corrected chi connectivity index (χ3v) is 3.52. The first kappa shape index (κ1) is 15.4. The average Bonchev–Trinajstić information content (AvgIpc) is 2.85. The number of hydrogen-bond acceptors (Lipinski definition) is 3. The van der Waals surface area contributed by atoms with E-state index >= 15 is 0 Å². The third-order valence-electron chi connectivity index (χ3n) is 2.60. The van der Waals surface area contributed by atoms with Crippen LogP contribution in [0.2, 0.25) is 0 Å². The number of aliphatic hydroxyl groups is 1. The smallest absolute Gasteiger partial charge is 0.384 e. The lowest BCUT2D eigenvalue weighted by Crippen LogP contribution is -2.21. The number of pyridine rings is 1. The van der Waals surface area contributed by atoms with Gasteiger partial charge in [0.25, 0.3) is 5.56 Å². The number of nitrogens with zero attached hydrogens (tertiary/aromatic N) is 1. The first-order valence-electron chi connectivity index (χ1n) is 5.85. The highest BCUT2D eigenvalue weighted by atomic mass is 32.1. The zero-order valence-electron chi connectivity index (χ0n) is 10.6. The van der Waals surface area contributed by atoms with Crippen LogP contribution in [0.5, 0.6) is 0 Å². The lowest BCUT2D eigenvalue weighted by molar-refractivity contribution is -0.138. The summed E-state index contributed by atoms with van der Waals surface area (Å²) in [5, 5.41) is 10.3. The molecule has 110 valence electrons. The highest BCUT2D eigenvalue weighted by molar-refractivity contribution is 7.10. The lowest BCUT2D eigenvalue weighted by atomic mass is 10.2. The van der Waals surface area contributed by atoms with Crippen LogP contribution in [-0.2, 0) is 12.7 Å². The Bertz CT molecular complexity index is 750. The summed E-state index contributed by atoms with van der Waals surface area (Å²) in [5.74, 6) is 5.17. The number of thiophene rings is 1. The van der Waals surface area contributed by atoms with E-state index in [9.17, 15) is 18.0 Å². The molecule has 21 heavy (non-hydrogen) atoms. The van der Waals surface area contributed by atoms with Crippen molar-refractivity contribution in [1.82, 2.24) is 4.57 Å². The van der Waals surface area contributed by atoms with E-state index in [2.05, 4.69) is 11.8 Å². The summed E-state index contributed by atoms with van der Waals surface area (Å²) in [4.78, 5) is 12.3. The molecule has 0 aliphatic heterocycles. The average molecular weight is 313 g/mol. The van der Waals surface area contributed by atoms with Gasteiger partial charge in [-0.05, 0) is 12.1 Å². The number of aliphatic hydroxyl groups excluding tert-OH is 1. The zero-order chi connectivity index (χ0) is 15.5. The van der Waals surface area contributed by atoms with Crippen LogP contribution in [-0.4, -0.2) is 16.3 Å². The molecule has 0 saturated heterocycles. The minimum Gasteiger partial charge on any atom is -0.384 e. The molecule has 0 fully saturated rings. The minimum absolute atomic E-state index is 0.0498. The second-order valence-corrected chi connectivity index (χ2v) is 5.14. The summed E-state index contributed by atoms with van der Waals surface area (Å²) < 4.78 is 38.9. The van der Waals surface area contributed by atoms with Gasteiger partial charge in [0.1, 0.15) is 6.61 Å². The molecular formula is C14H10F3NO2S. The van der Waals surface area contributed by atoms with E-state index in [4.69, 9.17) is 5.11 Å². The van der Waals surface area contributed by atoms with Gasteiger partial charge >= 0.3 is 6.18 Å². The molecule has 0 atom stereocenters. The van der Waals surface area contributed by atoms with Crippen molar-refractivity contribution in [1.29, 1.82) is 0 Å². The molecule has 0 saturated carbocycles. The summed E-state index contributed by atoms with van der Waals surface area (Å²) in [6.45, 7) is -0.216. The summed E-state index contributed by atoms with van der Waals surface area (Å²) in [6.07, 6.45) is -3.68. The van der Waals surface area contributed by atoms with Crippen molar-refractivity contribution in [2.45, 2.75) is 12.7 Å². The summed E-state index contributed by atoms with van der Waals surface area (Å²) in [7, 11) is 0. The molecule has 2 aromatic heterocycles. The van der Waals surface area contributed by atoms with Gasteiger partial charge in [-0.3, -0.25) is 4.79 Å². The number of halogens is 3. The van der Waals surface area contributed by atoms with Crippen molar-refractivity contribution in [3.8, 4) is 11.8 Å². The van der Waals surface area contributed by atoms with Gasteiger partial charge < -0.3 is 9.67 Å². The third kappa shape index (κ3) is 3.97. The Morgan fingerprint density at radius 3 is 2.76 bits per heavy atom. The van der Waals surface area contributed by atoms with Crippen LogP contribution in [0.15, 0.2) is 34.6 Å². The molecule has 0 radical (unpaired) electrons. The van der Waals surface area contributed by atoms with Gasteiger partial charge in [-0.1, -0.05) is 11.8 Å². The van der Waals surface area contributed by atoms with Crippen LogP contribution in [0, 0.1) is 11.8 Å². The molecule has 3 nitrogen and oxygen atoms in total. The Labute approximate surface area is 122 Å². The number of hydrogen-bond donors (Lipinski definition) is 1. The largest absolute Gasteiger partial charge is 0.417 e. The Morgan fingerprint density at radius 1 is 1.33 bits per heavy atom. The molecule has 2 rings (SSSR count). The first-order valence-corrected chi connectivity index (χ1v) is 6.73. The van der Waals surface area contributed by atoms with Gasteiger partial charge in [0.15, 0.2) is 0 Å². The molecular weight excluding hydrogens is 303 g/mol. The van der Waals surface area contributed by atoms with Crippen molar-refractivity contribution >= 4 is 11.3 Å². The molecule has 1 N–H and O–H groups in total. The molecule has 2 aromatic rings. The van der Waals surface area contributed by atoms with E-state index in [-0.39, 0.29) is 13.2 Å². The van der Waals surface area contributed by atoms with Crippen LogP contribution in [0.25, 0.3) is 0 Å². The van der Waals surface area contributed by atoms with E-state index in [0.717, 1.165) is 22.9 Å². The van der Waals surface area contributed by atoms with Crippen LogP contribution >= 0.6 is 11.3 Å². The van der Waals surface area contributed by atoms with E-state index in [1.165, 1.54) is 11.3 Å². The Morgan fingerprint density at radius 2 is 2.10 bits per heavy atom. The molecule has 0 spiro atoms. The molecule has 7 heteroatoms. The number of aromatic nitrogens is 1. The standard InChI is InChI=1S/C14H10F3NO2S/c15-14(16,17)11-3-4-13(20)18(7-11)8-12-6-10(9-21-12)2-1-5-19/h3-4,6-7,9,19H,5,8H2. The van der Waals surface area contributed by atoms with E-state index < -0.39 is 17.3 Å². The maximum atomic E-state index is 12.6. The van der Waals surface area contributed by atoms with Crippen molar-refractivity contribution < 1.29 is 18.3 Å². The second-order valence-electron chi connectivity index (χ2n) is 4.14. The fraction of sp³-hybridized carbons (Fsp3) is 0.214. The van der Waals surface area contributed by atoms with Gasteiger partial charge in [-0.25, -0.2) is 0 Å². The molecule has 0 bridgehead atoms. The van der Waals surface area contributed by atoms with Gasteiger partial charge in [0.05, 0.1) is 12.1 Å². The van der Waals surface area contributed by atoms with E-state index in [1.807, 2.05) is 0 Å². The quantitative estimate of drug-likeness (QED) is 0.865. The van der Waals surface area contributed by atoms with Gasteiger partial charge in [-0.15, -0.1) is 11.3 Å².